The summed E-state index contributed by atoms with van der Waals surface area (Å²) < 4.78 is 0. The number of hydrogen-bond acceptors (Lipinski definition) is 4. The summed E-state index contributed by atoms with van der Waals surface area (Å²) in [5, 5.41) is 7.38. The van der Waals surface area contributed by atoms with E-state index in [1.54, 1.807) is 11.3 Å². The highest BCUT2D eigenvalue weighted by Gasteiger charge is 2.19. The number of rotatable bonds is 4. The number of aromatic nitrogens is 1. The van der Waals surface area contributed by atoms with Crippen molar-refractivity contribution in [2.75, 3.05) is 37.6 Å². The molecule has 6 heteroatoms. The molecule has 1 aliphatic heterocycles. The highest BCUT2D eigenvalue weighted by molar-refractivity contribution is 7.80. The minimum atomic E-state index is 0.905. The second kappa shape index (κ2) is 6.89. The van der Waals surface area contributed by atoms with E-state index < -0.39 is 0 Å². The van der Waals surface area contributed by atoms with Crippen LogP contribution in [0.5, 0.6) is 0 Å². The van der Waals surface area contributed by atoms with Crippen molar-refractivity contribution in [3.63, 3.8) is 0 Å². The van der Waals surface area contributed by atoms with Gasteiger partial charge in [-0.3, -0.25) is 0 Å². The topological polar surface area (TPSA) is 31.4 Å². The van der Waals surface area contributed by atoms with Crippen LogP contribution in [-0.4, -0.2) is 47.7 Å². The van der Waals surface area contributed by atoms with Crippen LogP contribution >= 0.6 is 23.6 Å². The SMILES string of the molecule is CCCCNC(=S)N1CCN(c2nccs2)CC1. The number of nitrogens with zero attached hydrogens (tertiary/aromatic N) is 3. The van der Waals surface area contributed by atoms with Gasteiger partial charge < -0.3 is 15.1 Å². The van der Waals surface area contributed by atoms with Crippen LogP contribution < -0.4 is 10.2 Å². The van der Waals surface area contributed by atoms with E-state index in [0.717, 1.165) is 43.0 Å². The van der Waals surface area contributed by atoms with Crippen molar-refractivity contribution in [2.45, 2.75) is 19.8 Å². The summed E-state index contributed by atoms with van der Waals surface area (Å²) in [5.74, 6) is 0. The summed E-state index contributed by atoms with van der Waals surface area (Å²) in [4.78, 5) is 8.94. The lowest BCUT2D eigenvalue weighted by atomic mass is 10.3. The Morgan fingerprint density at radius 2 is 2.22 bits per heavy atom. The molecule has 0 atom stereocenters. The molecule has 1 aliphatic rings. The summed E-state index contributed by atoms with van der Waals surface area (Å²) in [7, 11) is 0. The lowest BCUT2D eigenvalue weighted by Crippen LogP contribution is -2.51. The average Bonchev–Trinajstić information content (AvgIpc) is 2.93. The Bertz CT molecular complexity index is 358. The first-order valence-electron chi connectivity index (χ1n) is 6.48. The molecular formula is C12H20N4S2. The van der Waals surface area contributed by atoms with Crippen LogP contribution in [0.3, 0.4) is 0 Å². The highest BCUT2D eigenvalue weighted by atomic mass is 32.1. The van der Waals surface area contributed by atoms with Gasteiger partial charge in [0.05, 0.1) is 0 Å². The molecule has 1 saturated heterocycles. The molecule has 1 aromatic rings. The Hall–Kier alpha value is -0.880. The van der Waals surface area contributed by atoms with Crippen LogP contribution in [0.4, 0.5) is 5.13 Å². The van der Waals surface area contributed by atoms with E-state index in [2.05, 4.69) is 27.0 Å². The quantitative estimate of drug-likeness (QED) is 0.674. The third kappa shape index (κ3) is 3.55. The first-order valence-corrected chi connectivity index (χ1v) is 7.77. The number of thiazole rings is 1. The normalized spacial score (nSPS) is 15.8. The minimum Gasteiger partial charge on any atom is -0.363 e. The minimum absolute atomic E-state index is 0.905. The summed E-state index contributed by atoms with van der Waals surface area (Å²) in [6, 6.07) is 0. The molecule has 0 aliphatic carbocycles. The van der Waals surface area contributed by atoms with E-state index in [0.29, 0.717) is 0 Å². The molecule has 2 heterocycles. The smallest absolute Gasteiger partial charge is 0.185 e. The summed E-state index contributed by atoms with van der Waals surface area (Å²) >= 11 is 7.11. The van der Waals surface area contributed by atoms with Crippen LogP contribution in [0.1, 0.15) is 19.8 Å². The second-order valence-corrected chi connectivity index (χ2v) is 5.63. The molecule has 0 unspecified atom stereocenters. The van der Waals surface area contributed by atoms with Gasteiger partial charge in [-0.15, -0.1) is 11.3 Å². The van der Waals surface area contributed by atoms with Gasteiger partial charge >= 0.3 is 0 Å². The summed E-state index contributed by atoms with van der Waals surface area (Å²) in [6.07, 6.45) is 4.25. The van der Waals surface area contributed by atoms with Gasteiger partial charge in [0, 0.05) is 44.3 Å². The zero-order valence-electron chi connectivity index (χ0n) is 10.8. The van der Waals surface area contributed by atoms with Gasteiger partial charge in [-0.05, 0) is 18.6 Å². The van der Waals surface area contributed by atoms with Crippen molar-refractivity contribution in [1.82, 2.24) is 15.2 Å². The number of unbranched alkanes of at least 4 members (excludes halogenated alkanes) is 1. The van der Waals surface area contributed by atoms with Crippen LogP contribution in [-0.2, 0) is 0 Å². The fourth-order valence-electron chi connectivity index (χ4n) is 1.96. The fourth-order valence-corrected chi connectivity index (χ4v) is 2.94. The van der Waals surface area contributed by atoms with Gasteiger partial charge in [0.2, 0.25) is 0 Å². The molecule has 0 amide bonds. The Kier molecular flexibility index (Phi) is 5.19. The maximum absolute atomic E-state index is 5.41. The number of nitrogens with one attached hydrogen (secondary N) is 1. The third-order valence-corrected chi connectivity index (χ3v) is 4.30. The van der Waals surface area contributed by atoms with Gasteiger partial charge in [-0.25, -0.2) is 4.98 Å². The molecule has 1 aromatic heterocycles. The Balaban J connectivity index is 1.74. The average molecular weight is 284 g/mol. The number of hydrogen-bond donors (Lipinski definition) is 1. The second-order valence-electron chi connectivity index (χ2n) is 4.37. The highest BCUT2D eigenvalue weighted by Crippen LogP contribution is 2.18. The van der Waals surface area contributed by atoms with Crippen molar-refractivity contribution in [2.24, 2.45) is 0 Å². The van der Waals surface area contributed by atoms with Gasteiger partial charge in [-0.1, -0.05) is 13.3 Å². The van der Waals surface area contributed by atoms with E-state index in [1.807, 2.05) is 11.6 Å². The molecule has 4 nitrogen and oxygen atoms in total. The van der Waals surface area contributed by atoms with E-state index in [1.165, 1.54) is 12.8 Å². The largest absolute Gasteiger partial charge is 0.363 e. The lowest BCUT2D eigenvalue weighted by Gasteiger charge is -2.36. The standard InChI is InChI=1S/C12H20N4S2/c1-2-3-4-13-11(17)15-6-8-16(9-7-15)12-14-5-10-18-12/h5,10H,2-4,6-9H2,1H3,(H,13,17). The maximum atomic E-state index is 5.41. The van der Waals surface area contributed by atoms with Crippen molar-refractivity contribution < 1.29 is 0 Å². The van der Waals surface area contributed by atoms with Crippen LogP contribution in [0.25, 0.3) is 0 Å². The van der Waals surface area contributed by atoms with Crippen molar-refractivity contribution >= 4 is 33.8 Å². The van der Waals surface area contributed by atoms with E-state index in [-0.39, 0.29) is 0 Å². The zero-order valence-corrected chi connectivity index (χ0v) is 12.4. The van der Waals surface area contributed by atoms with Gasteiger partial charge in [0.1, 0.15) is 0 Å². The molecule has 0 radical (unpaired) electrons. The number of piperazine rings is 1. The molecule has 1 fully saturated rings. The van der Waals surface area contributed by atoms with Crippen LogP contribution in [0, 0.1) is 0 Å². The van der Waals surface area contributed by atoms with Gasteiger partial charge in [0.15, 0.2) is 10.2 Å². The van der Waals surface area contributed by atoms with Crippen molar-refractivity contribution in [3.8, 4) is 0 Å². The number of thiocarbonyl (C=S) groups is 1. The molecule has 0 saturated carbocycles. The monoisotopic (exact) mass is 284 g/mol. The Morgan fingerprint density at radius 3 is 2.83 bits per heavy atom. The van der Waals surface area contributed by atoms with E-state index in [9.17, 15) is 0 Å². The predicted octanol–water partition coefficient (Wildman–Crippen LogP) is 1.94. The Morgan fingerprint density at radius 1 is 1.44 bits per heavy atom. The van der Waals surface area contributed by atoms with E-state index in [4.69, 9.17) is 12.2 Å². The fraction of sp³-hybridized carbons (Fsp3) is 0.667. The molecule has 0 aromatic carbocycles. The maximum Gasteiger partial charge on any atom is 0.185 e. The molecule has 18 heavy (non-hydrogen) atoms. The van der Waals surface area contributed by atoms with Gasteiger partial charge in [-0.2, -0.15) is 0 Å². The first-order chi connectivity index (χ1) is 8.81. The third-order valence-electron chi connectivity index (χ3n) is 3.06. The molecule has 1 N–H and O–H groups in total. The predicted molar refractivity (Wildman–Crippen MR) is 81.4 cm³/mol. The Labute approximate surface area is 118 Å². The molecule has 0 spiro atoms. The van der Waals surface area contributed by atoms with Crippen LogP contribution in [0.2, 0.25) is 0 Å². The molecular weight excluding hydrogens is 264 g/mol. The first kappa shape index (κ1) is 13.5. The molecule has 2 rings (SSSR count). The van der Waals surface area contributed by atoms with Gasteiger partial charge in [0.25, 0.3) is 0 Å². The summed E-state index contributed by atoms with van der Waals surface area (Å²) in [5.41, 5.74) is 0. The van der Waals surface area contributed by atoms with E-state index >= 15 is 0 Å². The van der Waals surface area contributed by atoms with Crippen LogP contribution in [0.15, 0.2) is 11.6 Å². The molecule has 100 valence electrons. The van der Waals surface area contributed by atoms with Crippen molar-refractivity contribution in [3.05, 3.63) is 11.6 Å². The molecule has 0 bridgehead atoms. The number of anilines is 1. The summed E-state index contributed by atoms with van der Waals surface area (Å²) in [6.45, 7) is 7.15. The van der Waals surface area contributed by atoms with Crippen molar-refractivity contribution in [1.29, 1.82) is 0 Å². The lowest BCUT2D eigenvalue weighted by molar-refractivity contribution is 0.380. The zero-order chi connectivity index (χ0) is 12.8.